The topological polar surface area (TPSA) is 84.2 Å². The minimum absolute atomic E-state index is 0.0241. The van der Waals surface area contributed by atoms with Crippen molar-refractivity contribution in [3.05, 3.63) is 72.6 Å². The van der Waals surface area contributed by atoms with Crippen molar-refractivity contribution in [1.29, 1.82) is 0 Å². The smallest absolute Gasteiger partial charge is 0.261 e. The molecule has 3 aromatic rings. The number of pyridine rings is 1. The van der Waals surface area contributed by atoms with Crippen LogP contribution < -0.4 is 10.0 Å². The number of sulfonamides is 1. The largest absolute Gasteiger partial charge is 0.467 e. The van der Waals surface area contributed by atoms with Crippen molar-refractivity contribution in [2.75, 3.05) is 10.0 Å². The van der Waals surface area contributed by atoms with Crippen LogP contribution in [0.15, 0.2) is 70.3 Å². The first-order chi connectivity index (χ1) is 11.5. The van der Waals surface area contributed by atoms with Crippen molar-refractivity contribution >= 4 is 21.5 Å². The lowest BCUT2D eigenvalue weighted by atomic mass is 10.4. The molecule has 0 unspecified atom stereocenters. The van der Waals surface area contributed by atoms with Crippen molar-refractivity contribution < 1.29 is 17.2 Å². The summed E-state index contributed by atoms with van der Waals surface area (Å²) in [5.41, 5.74) is 0.308. The quantitative estimate of drug-likeness (QED) is 0.715. The second-order valence-electron chi connectivity index (χ2n) is 4.92. The summed E-state index contributed by atoms with van der Waals surface area (Å²) in [6.07, 6.45) is 2.98. The summed E-state index contributed by atoms with van der Waals surface area (Å²) in [4.78, 5) is 4.11. The van der Waals surface area contributed by atoms with Crippen LogP contribution in [0.5, 0.6) is 0 Å². The zero-order chi connectivity index (χ0) is 17.0. The lowest BCUT2D eigenvalue weighted by Gasteiger charge is -2.09. The van der Waals surface area contributed by atoms with Crippen LogP contribution in [0.2, 0.25) is 0 Å². The predicted molar refractivity (Wildman–Crippen MR) is 87.5 cm³/mol. The van der Waals surface area contributed by atoms with Crippen molar-refractivity contribution in [2.24, 2.45) is 0 Å². The number of rotatable bonds is 6. The standard InChI is InChI=1S/C16H14FN3O3S/c17-12-3-6-15(7-4-12)24(21,22)20-13-5-8-16(18-10-13)19-11-14-2-1-9-23-14/h1-10,20H,11H2,(H,18,19). The normalized spacial score (nSPS) is 11.2. The third-order valence-corrected chi connectivity index (χ3v) is 4.56. The molecule has 0 radical (unpaired) electrons. The molecule has 8 heteroatoms. The first kappa shape index (κ1) is 16.0. The van der Waals surface area contributed by atoms with Gasteiger partial charge in [0, 0.05) is 0 Å². The van der Waals surface area contributed by atoms with Gasteiger partial charge >= 0.3 is 0 Å². The molecule has 1 aromatic carbocycles. The fourth-order valence-electron chi connectivity index (χ4n) is 1.98. The number of anilines is 2. The highest BCUT2D eigenvalue weighted by Gasteiger charge is 2.14. The van der Waals surface area contributed by atoms with Gasteiger partial charge in [0.15, 0.2) is 0 Å². The van der Waals surface area contributed by atoms with E-state index in [-0.39, 0.29) is 4.90 Å². The van der Waals surface area contributed by atoms with Crippen molar-refractivity contribution in [3.63, 3.8) is 0 Å². The van der Waals surface area contributed by atoms with E-state index in [1.54, 1.807) is 24.5 Å². The number of nitrogens with zero attached hydrogens (tertiary/aromatic N) is 1. The average molecular weight is 347 g/mol. The number of hydrogen-bond acceptors (Lipinski definition) is 5. The molecule has 24 heavy (non-hydrogen) atoms. The maximum absolute atomic E-state index is 12.9. The number of benzene rings is 1. The summed E-state index contributed by atoms with van der Waals surface area (Å²) in [6.45, 7) is 0.473. The highest BCUT2D eigenvalue weighted by atomic mass is 32.2. The van der Waals surface area contributed by atoms with E-state index in [0.717, 1.165) is 17.9 Å². The number of furan rings is 1. The first-order valence-corrected chi connectivity index (χ1v) is 8.52. The Balaban J connectivity index is 1.66. The monoisotopic (exact) mass is 347 g/mol. The summed E-state index contributed by atoms with van der Waals surface area (Å²) in [5, 5.41) is 3.05. The molecule has 0 aliphatic heterocycles. The zero-order valence-electron chi connectivity index (χ0n) is 12.4. The van der Waals surface area contributed by atoms with Gasteiger partial charge in [0.25, 0.3) is 10.0 Å². The molecule has 3 rings (SSSR count). The van der Waals surface area contributed by atoms with E-state index in [4.69, 9.17) is 4.42 Å². The van der Waals surface area contributed by atoms with Crippen LogP contribution in [0, 0.1) is 5.82 Å². The Morgan fingerprint density at radius 3 is 2.50 bits per heavy atom. The van der Waals surface area contributed by atoms with Crippen LogP contribution in [0.25, 0.3) is 0 Å². The lowest BCUT2D eigenvalue weighted by Crippen LogP contribution is -2.13. The van der Waals surface area contributed by atoms with Crippen LogP contribution in [-0.2, 0) is 16.6 Å². The van der Waals surface area contributed by atoms with Gasteiger partial charge in [-0.15, -0.1) is 0 Å². The van der Waals surface area contributed by atoms with Gasteiger partial charge in [-0.3, -0.25) is 4.72 Å². The molecule has 0 fully saturated rings. The maximum atomic E-state index is 12.9. The van der Waals surface area contributed by atoms with E-state index in [1.807, 2.05) is 6.07 Å². The molecule has 6 nitrogen and oxygen atoms in total. The van der Waals surface area contributed by atoms with Crippen molar-refractivity contribution in [2.45, 2.75) is 11.4 Å². The molecule has 0 spiro atoms. The van der Waals surface area contributed by atoms with E-state index in [9.17, 15) is 12.8 Å². The van der Waals surface area contributed by atoms with E-state index in [1.165, 1.54) is 18.3 Å². The minimum atomic E-state index is -3.78. The van der Waals surface area contributed by atoms with Gasteiger partial charge in [-0.2, -0.15) is 0 Å². The van der Waals surface area contributed by atoms with E-state index in [2.05, 4.69) is 15.0 Å². The Labute approximate surface area is 138 Å². The molecule has 0 aliphatic carbocycles. The van der Waals surface area contributed by atoms with E-state index < -0.39 is 15.8 Å². The van der Waals surface area contributed by atoms with Gasteiger partial charge in [-0.1, -0.05) is 0 Å². The SMILES string of the molecule is O=S(=O)(Nc1ccc(NCc2ccco2)nc1)c1ccc(F)cc1. The zero-order valence-corrected chi connectivity index (χ0v) is 13.3. The van der Waals surface area contributed by atoms with Gasteiger partial charge in [0.05, 0.1) is 29.6 Å². The summed E-state index contributed by atoms with van der Waals surface area (Å²) >= 11 is 0. The van der Waals surface area contributed by atoms with Crippen LogP contribution >= 0.6 is 0 Å². The molecule has 0 bridgehead atoms. The fraction of sp³-hybridized carbons (Fsp3) is 0.0625. The molecule has 2 N–H and O–H groups in total. The molecule has 2 aromatic heterocycles. The second-order valence-corrected chi connectivity index (χ2v) is 6.61. The molecule has 0 aliphatic rings. The molecule has 2 heterocycles. The average Bonchev–Trinajstić information content (AvgIpc) is 3.08. The molecular formula is C16H14FN3O3S. The Morgan fingerprint density at radius 2 is 1.88 bits per heavy atom. The third-order valence-electron chi connectivity index (χ3n) is 3.16. The molecule has 0 saturated heterocycles. The van der Waals surface area contributed by atoms with Gasteiger partial charge in [-0.25, -0.2) is 17.8 Å². The molecule has 124 valence electrons. The van der Waals surface area contributed by atoms with E-state index in [0.29, 0.717) is 18.1 Å². The van der Waals surface area contributed by atoms with Crippen LogP contribution in [0.4, 0.5) is 15.9 Å². The number of hydrogen-bond donors (Lipinski definition) is 2. The van der Waals surface area contributed by atoms with Crippen molar-refractivity contribution in [3.8, 4) is 0 Å². The fourth-order valence-corrected chi connectivity index (χ4v) is 3.02. The first-order valence-electron chi connectivity index (χ1n) is 7.04. The third kappa shape index (κ3) is 3.90. The molecular weight excluding hydrogens is 333 g/mol. The highest BCUT2D eigenvalue weighted by molar-refractivity contribution is 7.92. The number of nitrogens with one attached hydrogen (secondary N) is 2. The van der Waals surface area contributed by atoms with Gasteiger partial charge < -0.3 is 9.73 Å². The van der Waals surface area contributed by atoms with Gasteiger partial charge in [0.2, 0.25) is 0 Å². The van der Waals surface area contributed by atoms with Gasteiger partial charge in [-0.05, 0) is 48.5 Å². The summed E-state index contributed by atoms with van der Waals surface area (Å²) in [5.74, 6) is 0.844. The van der Waals surface area contributed by atoms with Crippen LogP contribution in [0.1, 0.15) is 5.76 Å². The number of halogens is 1. The Hall–Kier alpha value is -2.87. The Morgan fingerprint density at radius 1 is 1.08 bits per heavy atom. The Bertz CT molecular complexity index is 893. The highest BCUT2D eigenvalue weighted by Crippen LogP contribution is 2.17. The molecule has 0 atom stereocenters. The maximum Gasteiger partial charge on any atom is 0.261 e. The second kappa shape index (κ2) is 6.71. The minimum Gasteiger partial charge on any atom is -0.467 e. The van der Waals surface area contributed by atoms with Crippen LogP contribution in [0.3, 0.4) is 0 Å². The molecule has 0 saturated carbocycles. The Kier molecular flexibility index (Phi) is 4.48. The predicted octanol–water partition coefficient (Wildman–Crippen LogP) is 3.23. The summed E-state index contributed by atoms with van der Waals surface area (Å²) < 4.78 is 44.8. The van der Waals surface area contributed by atoms with Crippen LogP contribution in [-0.4, -0.2) is 13.4 Å². The number of aromatic nitrogens is 1. The molecule has 0 amide bonds. The van der Waals surface area contributed by atoms with E-state index >= 15 is 0 Å². The summed E-state index contributed by atoms with van der Waals surface area (Å²) in [6, 6.07) is 11.4. The van der Waals surface area contributed by atoms with Gasteiger partial charge in [0.1, 0.15) is 17.4 Å². The summed E-state index contributed by atoms with van der Waals surface area (Å²) in [7, 11) is -3.78. The van der Waals surface area contributed by atoms with Crippen molar-refractivity contribution in [1.82, 2.24) is 4.98 Å². The lowest BCUT2D eigenvalue weighted by molar-refractivity contribution is 0.518.